The van der Waals surface area contributed by atoms with E-state index in [0.717, 1.165) is 24.9 Å². The second-order valence-electron chi connectivity index (χ2n) is 6.03. The number of hydrogen-bond donors (Lipinski definition) is 0. The molecule has 120 valence electrons. The Morgan fingerprint density at radius 1 is 1.00 bits per heavy atom. The largest absolute Gasteiger partial charge is 0.440 e. The summed E-state index contributed by atoms with van der Waals surface area (Å²) in [6, 6.07) is 20.4. The van der Waals surface area contributed by atoms with Gasteiger partial charge in [-0.3, -0.25) is 0 Å². The zero-order valence-corrected chi connectivity index (χ0v) is 13.5. The molecule has 3 heteroatoms. The molecule has 0 unspecified atom stereocenters. The Balaban J connectivity index is 1.89. The SMILES string of the molecule is CCCCN1C[C@@H](c2ccccc2)[C@H](c2ccccc2)OC1=O. The van der Waals surface area contributed by atoms with Crippen LogP contribution in [0.5, 0.6) is 0 Å². The molecule has 1 aliphatic rings. The number of unbranched alkanes of at least 4 members (excludes halogenated alkanes) is 1. The third-order valence-corrected chi connectivity index (χ3v) is 4.41. The van der Waals surface area contributed by atoms with Crippen molar-refractivity contribution in [3.05, 3.63) is 71.8 Å². The van der Waals surface area contributed by atoms with E-state index in [9.17, 15) is 4.79 Å². The fourth-order valence-electron chi connectivity index (χ4n) is 3.13. The van der Waals surface area contributed by atoms with Crippen molar-refractivity contribution in [3.63, 3.8) is 0 Å². The van der Waals surface area contributed by atoms with Crippen LogP contribution in [0.4, 0.5) is 4.79 Å². The Morgan fingerprint density at radius 2 is 1.61 bits per heavy atom. The van der Waals surface area contributed by atoms with Gasteiger partial charge in [0, 0.05) is 19.0 Å². The number of carbonyl (C=O) groups excluding carboxylic acids is 1. The van der Waals surface area contributed by atoms with Crippen molar-refractivity contribution in [2.45, 2.75) is 31.8 Å². The van der Waals surface area contributed by atoms with E-state index in [0.29, 0.717) is 6.54 Å². The van der Waals surface area contributed by atoms with Crippen LogP contribution in [0, 0.1) is 0 Å². The lowest BCUT2D eigenvalue weighted by Crippen LogP contribution is -2.43. The summed E-state index contributed by atoms with van der Waals surface area (Å²) in [6.07, 6.45) is 1.66. The molecular formula is C20H23NO2. The van der Waals surface area contributed by atoms with E-state index < -0.39 is 0 Å². The van der Waals surface area contributed by atoms with Crippen LogP contribution in [0.3, 0.4) is 0 Å². The normalized spacial score (nSPS) is 21.1. The van der Waals surface area contributed by atoms with Gasteiger partial charge in [-0.2, -0.15) is 0 Å². The van der Waals surface area contributed by atoms with Crippen molar-refractivity contribution in [2.75, 3.05) is 13.1 Å². The van der Waals surface area contributed by atoms with Crippen LogP contribution in [0.2, 0.25) is 0 Å². The summed E-state index contributed by atoms with van der Waals surface area (Å²) in [5.41, 5.74) is 2.28. The predicted octanol–water partition coefficient (Wildman–Crippen LogP) is 4.76. The summed E-state index contributed by atoms with van der Waals surface area (Å²) in [5.74, 6) is 0.160. The van der Waals surface area contributed by atoms with Gasteiger partial charge in [0.2, 0.25) is 0 Å². The minimum Gasteiger partial charge on any atom is -0.440 e. The summed E-state index contributed by atoms with van der Waals surface area (Å²) >= 11 is 0. The van der Waals surface area contributed by atoms with E-state index in [4.69, 9.17) is 4.74 Å². The molecule has 2 aromatic carbocycles. The maximum atomic E-state index is 12.4. The summed E-state index contributed by atoms with van der Waals surface area (Å²) in [5, 5.41) is 0. The maximum Gasteiger partial charge on any atom is 0.410 e. The van der Waals surface area contributed by atoms with Crippen LogP contribution < -0.4 is 0 Å². The number of ether oxygens (including phenoxy) is 1. The standard InChI is InChI=1S/C20H23NO2/c1-2-3-14-21-15-18(16-10-6-4-7-11-16)19(23-20(21)22)17-12-8-5-9-13-17/h4-13,18-19H,2-3,14-15H2,1H3/t18-,19-/m0/s1. The molecule has 2 aromatic rings. The molecule has 1 amide bonds. The molecule has 0 N–H and O–H groups in total. The van der Waals surface area contributed by atoms with E-state index >= 15 is 0 Å². The van der Waals surface area contributed by atoms with E-state index in [1.807, 2.05) is 53.4 Å². The molecule has 1 heterocycles. The molecule has 1 fully saturated rings. The van der Waals surface area contributed by atoms with E-state index in [1.54, 1.807) is 0 Å². The predicted molar refractivity (Wildman–Crippen MR) is 91.3 cm³/mol. The number of nitrogens with zero attached hydrogens (tertiary/aromatic N) is 1. The highest BCUT2D eigenvalue weighted by atomic mass is 16.6. The first-order chi connectivity index (χ1) is 11.3. The van der Waals surface area contributed by atoms with Crippen molar-refractivity contribution >= 4 is 6.09 Å². The average Bonchev–Trinajstić information content (AvgIpc) is 2.62. The Labute approximate surface area is 137 Å². The number of carbonyl (C=O) groups is 1. The molecule has 0 spiro atoms. The van der Waals surface area contributed by atoms with Gasteiger partial charge in [0.25, 0.3) is 0 Å². The minimum absolute atomic E-state index is 0.160. The first kappa shape index (κ1) is 15.6. The zero-order valence-electron chi connectivity index (χ0n) is 13.5. The highest BCUT2D eigenvalue weighted by molar-refractivity contribution is 5.69. The Hall–Kier alpha value is -2.29. The summed E-state index contributed by atoms with van der Waals surface area (Å²) in [6.45, 7) is 3.61. The smallest absolute Gasteiger partial charge is 0.410 e. The van der Waals surface area contributed by atoms with Crippen molar-refractivity contribution in [1.29, 1.82) is 0 Å². The number of hydrogen-bond acceptors (Lipinski definition) is 2. The quantitative estimate of drug-likeness (QED) is 0.796. The summed E-state index contributed by atoms with van der Waals surface area (Å²) in [7, 11) is 0. The molecular weight excluding hydrogens is 286 g/mol. The monoisotopic (exact) mass is 309 g/mol. The van der Waals surface area contributed by atoms with Crippen molar-refractivity contribution in [3.8, 4) is 0 Å². The molecule has 0 radical (unpaired) electrons. The van der Waals surface area contributed by atoms with E-state index in [1.165, 1.54) is 5.56 Å². The van der Waals surface area contributed by atoms with Gasteiger partial charge in [-0.05, 0) is 17.5 Å². The van der Waals surface area contributed by atoms with Crippen molar-refractivity contribution in [2.24, 2.45) is 0 Å². The third-order valence-electron chi connectivity index (χ3n) is 4.41. The second kappa shape index (κ2) is 7.32. The zero-order chi connectivity index (χ0) is 16.1. The first-order valence-electron chi connectivity index (χ1n) is 8.35. The van der Waals surface area contributed by atoms with Gasteiger partial charge in [0.1, 0.15) is 6.10 Å². The number of amides is 1. The summed E-state index contributed by atoms with van der Waals surface area (Å²) < 4.78 is 5.84. The lowest BCUT2D eigenvalue weighted by atomic mass is 9.87. The molecule has 3 nitrogen and oxygen atoms in total. The van der Waals surface area contributed by atoms with Crippen LogP contribution in [0.1, 0.15) is 42.9 Å². The van der Waals surface area contributed by atoms with Crippen LogP contribution in [0.15, 0.2) is 60.7 Å². The summed E-state index contributed by atoms with van der Waals surface area (Å²) in [4.78, 5) is 14.2. The maximum absolute atomic E-state index is 12.4. The van der Waals surface area contributed by atoms with Gasteiger partial charge in [-0.1, -0.05) is 74.0 Å². The fourth-order valence-corrected chi connectivity index (χ4v) is 3.13. The third kappa shape index (κ3) is 3.55. The molecule has 0 bridgehead atoms. The average molecular weight is 309 g/mol. The van der Waals surface area contributed by atoms with Crippen molar-refractivity contribution < 1.29 is 9.53 Å². The van der Waals surface area contributed by atoms with Gasteiger partial charge < -0.3 is 9.64 Å². The number of cyclic esters (lactones) is 1. The fraction of sp³-hybridized carbons (Fsp3) is 0.350. The van der Waals surface area contributed by atoms with E-state index in [-0.39, 0.29) is 18.1 Å². The highest BCUT2D eigenvalue weighted by Gasteiger charge is 2.37. The van der Waals surface area contributed by atoms with Gasteiger partial charge in [-0.25, -0.2) is 4.79 Å². The molecule has 0 aliphatic carbocycles. The van der Waals surface area contributed by atoms with Crippen LogP contribution in [-0.2, 0) is 4.74 Å². The van der Waals surface area contributed by atoms with Gasteiger partial charge >= 0.3 is 6.09 Å². The lowest BCUT2D eigenvalue weighted by Gasteiger charge is -2.38. The second-order valence-corrected chi connectivity index (χ2v) is 6.03. The molecule has 23 heavy (non-hydrogen) atoms. The molecule has 0 saturated carbocycles. The molecule has 3 rings (SSSR count). The lowest BCUT2D eigenvalue weighted by molar-refractivity contribution is 0.00932. The Kier molecular flexibility index (Phi) is 4.96. The number of benzene rings is 2. The number of rotatable bonds is 5. The first-order valence-corrected chi connectivity index (χ1v) is 8.35. The molecule has 1 saturated heterocycles. The van der Waals surface area contributed by atoms with Crippen LogP contribution in [-0.4, -0.2) is 24.1 Å². The Morgan fingerprint density at radius 3 is 2.22 bits per heavy atom. The Bertz CT molecular complexity index is 627. The molecule has 2 atom stereocenters. The van der Waals surface area contributed by atoms with Crippen molar-refractivity contribution in [1.82, 2.24) is 4.90 Å². The van der Waals surface area contributed by atoms with E-state index in [2.05, 4.69) is 19.1 Å². The highest BCUT2D eigenvalue weighted by Crippen LogP contribution is 2.38. The van der Waals surface area contributed by atoms with Gasteiger partial charge in [-0.15, -0.1) is 0 Å². The van der Waals surface area contributed by atoms with Gasteiger partial charge in [0.05, 0.1) is 0 Å². The van der Waals surface area contributed by atoms with Crippen LogP contribution in [0.25, 0.3) is 0 Å². The molecule has 1 aliphatic heterocycles. The minimum atomic E-state index is -0.219. The molecule has 0 aromatic heterocycles. The van der Waals surface area contributed by atoms with Gasteiger partial charge in [0.15, 0.2) is 0 Å². The van der Waals surface area contributed by atoms with Crippen LogP contribution >= 0.6 is 0 Å². The topological polar surface area (TPSA) is 29.5 Å².